The van der Waals surface area contributed by atoms with Gasteiger partial charge in [0.2, 0.25) is 0 Å². The molecule has 0 saturated carbocycles. The molecule has 0 unspecified atom stereocenters. The van der Waals surface area contributed by atoms with Crippen LogP contribution < -0.4 is 5.32 Å². The average molecular weight is 395 g/mol. The number of carbonyl (C=O) groups is 3. The number of ketones is 1. The third-order valence-electron chi connectivity index (χ3n) is 4.33. The quantitative estimate of drug-likeness (QED) is 0.501. The summed E-state index contributed by atoms with van der Waals surface area (Å²) in [5.41, 5.74) is 1.71. The van der Waals surface area contributed by atoms with E-state index in [-0.39, 0.29) is 30.1 Å². The van der Waals surface area contributed by atoms with Crippen LogP contribution in [0.5, 0.6) is 0 Å². The number of ether oxygens (including phenoxy) is 1. The second kappa shape index (κ2) is 9.64. The van der Waals surface area contributed by atoms with Crippen LogP contribution in [0.3, 0.4) is 0 Å². The summed E-state index contributed by atoms with van der Waals surface area (Å²) in [6, 6.07) is 6.88. The number of esters is 1. The van der Waals surface area contributed by atoms with Gasteiger partial charge in [-0.1, -0.05) is 37.6 Å². The van der Waals surface area contributed by atoms with Gasteiger partial charge in [-0.05, 0) is 18.4 Å². The van der Waals surface area contributed by atoms with Crippen molar-refractivity contribution in [3.05, 3.63) is 35.4 Å². The largest absolute Gasteiger partial charge is 0.456 e. The van der Waals surface area contributed by atoms with Gasteiger partial charge in [0.15, 0.2) is 22.2 Å². The molecule has 8 heteroatoms. The Kier molecular flexibility index (Phi) is 7.53. The van der Waals surface area contributed by atoms with Gasteiger partial charge in [-0.3, -0.25) is 14.4 Å². The van der Waals surface area contributed by atoms with E-state index in [2.05, 4.69) is 12.2 Å². The van der Waals surface area contributed by atoms with Gasteiger partial charge in [-0.2, -0.15) is 0 Å². The molecule has 148 valence electrons. The van der Waals surface area contributed by atoms with Gasteiger partial charge in [-0.25, -0.2) is 8.42 Å². The van der Waals surface area contributed by atoms with Gasteiger partial charge in [0, 0.05) is 18.0 Å². The highest BCUT2D eigenvalue weighted by atomic mass is 32.2. The van der Waals surface area contributed by atoms with Crippen LogP contribution in [0.15, 0.2) is 24.3 Å². The van der Waals surface area contributed by atoms with E-state index in [1.807, 2.05) is 12.1 Å². The van der Waals surface area contributed by atoms with Crippen LogP contribution in [0.4, 0.5) is 0 Å². The molecular formula is C19H25NO6S. The number of rotatable bonds is 9. The maximum atomic E-state index is 12.1. The van der Waals surface area contributed by atoms with Crippen molar-refractivity contribution < 1.29 is 27.5 Å². The standard InChI is InChI=1S/C19H25NO6S/c1-2-3-14-4-6-15(7-5-14)17(21)8-9-19(23)26-12-18(22)20-16-10-11-27(24,25)13-16/h4-7,16H,2-3,8-13H2,1H3,(H,20,22)/t16-/m1/s1. The van der Waals surface area contributed by atoms with Crippen molar-refractivity contribution in [2.75, 3.05) is 18.1 Å². The van der Waals surface area contributed by atoms with E-state index in [4.69, 9.17) is 4.74 Å². The third-order valence-corrected chi connectivity index (χ3v) is 6.10. The molecule has 0 aliphatic carbocycles. The normalized spacial score (nSPS) is 18.0. The molecule has 1 aliphatic rings. The van der Waals surface area contributed by atoms with E-state index < -0.39 is 34.4 Å². The number of hydrogen-bond acceptors (Lipinski definition) is 6. The van der Waals surface area contributed by atoms with Gasteiger partial charge in [0.05, 0.1) is 17.9 Å². The van der Waals surface area contributed by atoms with Crippen molar-refractivity contribution in [1.82, 2.24) is 5.32 Å². The summed E-state index contributed by atoms with van der Waals surface area (Å²) in [5, 5.41) is 2.53. The molecule has 0 radical (unpaired) electrons. The average Bonchev–Trinajstić information content (AvgIpc) is 2.97. The SMILES string of the molecule is CCCc1ccc(C(=O)CCC(=O)OCC(=O)N[C@@H]2CCS(=O)(=O)C2)cc1. The number of carbonyl (C=O) groups excluding carboxylic acids is 3. The number of sulfone groups is 1. The number of aryl methyl sites for hydroxylation is 1. The molecule has 7 nitrogen and oxygen atoms in total. The van der Waals surface area contributed by atoms with Gasteiger partial charge >= 0.3 is 5.97 Å². The monoisotopic (exact) mass is 395 g/mol. The zero-order valence-corrected chi connectivity index (χ0v) is 16.2. The zero-order valence-electron chi connectivity index (χ0n) is 15.4. The molecule has 1 amide bonds. The van der Waals surface area contributed by atoms with Gasteiger partial charge in [-0.15, -0.1) is 0 Å². The van der Waals surface area contributed by atoms with Crippen molar-refractivity contribution in [3.63, 3.8) is 0 Å². The summed E-state index contributed by atoms with van der Waals surface area (Å²) in [5.74, 6) is -1.36. The molecular weight excluding hydrogens is 370 g/mol. The van der Waals surface area contributed by atoms with Crippen molar-refractivity contribution in [2.24, 2.45) is 0 Å². The first-order valence-electron chi connectivity index (χ1n) is 9.06. The molecule has 0 bridgehead atoms. The van der Waals surface area contributed by atoms with Crippen LogP contribution in [-0.4, -0.2) is 50.2 Å². The summed E-state index contributed by atoms with van der Waals surface area (Å²) < 4.78 is 27.5. The topological polar surface area (TPSA) is 107 Å². The lowest BCUT2D eigenvalue weighted by Gasteiger charge is -2.11. The molecule has 1 aliphatic heterocycles. The Morgan fingerprint density at radius 1 is 1.15 bits per heavy atom. The van der Waals surface area contributed by atoms with E-state index in [1.165, 1.54) is 0 Å². The summed E-state index contributed by atoms with van der Waals surface area (Å²) in [4.78, 5) is 35.5. The molecule has 0 aromatic heterocycles. The number of amides is 1. The fourth-order valence-electron chi connectivity index (χ4n) is 2.90. The van der Waals surface area contributed by atoms with Crippen molar-refractivity contribution >= 4 is 27.5 Å². The lowest BCUT2D eigenvalue weighted by molar-refractivity contribution is -0.148. The molecule has 1 aromatic rings. The highest BCUT2D eigenvalue weighted by Gasteiger charge is 2.29. The Balaban J connectivity index is 1.68. The Labute approximate surface area is 159 Å². The van der Waals surface area contributed by atoms with E-state index in [0.29, 0.717) is 12.0 Å². The summed E-state index contributed by atoms with van der Waals surface area (Å²) >= 11 is 0. The molecule has 1 fully saturated rings. The zero-order chi connectivity index (χ0) is 19.9. The fraction of sp³-hybridized carbons (Fsp3) is 0.526. The van der Waals surface area contributed by atoms with Crippen molar-refractivity contribution in [2.45, 2.75) is 45.1 Å². The van der Waals surface area contributed by atoms with Crippen LogP contribution >= 0.6 is 0 Å². The Morgan fingerprint density at radius 3 is 2.44 bits per heavy atom. The first-order valence-corrected chi connectivity index (χ1v) is 10.9. The molecule has 1 saturated heterocycles. The molecule has 1 aromatic carbocycles. The summed E-state index contributed by atoms with van der Waals surface area (Å²) in [6.45, 7) is 1.61. The molecule has 27 heavy (non-hydrogen) atoms. The first-order chi connectivity index (χ1) is 12.8. The molecule has 1 atom stereocenters. The Bertz CT molecular complexity index is 785. The van der Waals surface area contributed by atoms with Gasteiger partial charge in [0.1, 0.15) is 0 Å². The fourth-order valence-corrected chi connectivity index (χ4v) is 4.58. The molecule has 1 heterocycles. The maximum absolute atomic E-state index is 12.1. The van der Waals surface area contributed by atoms with Crippen LogP contribution in [0, 0.1) is 0 Å². The lowest BCUT2D eigenvalue weighted by Crippen LogP contribution is -2.38. The summed E-state index contributed by atoms with van der Waals surface area (Å²) in [6.07, 6.45) is 2.25. The van der Waals surface area contributed by atoms with Gasteiger partial charge in [0.25, 0.3) is 5.91 Å². The minimum atomic E-state index is -3.08. The number of Topliss-reactive ketones (excluding diaryl/α,β-unsaturated/α-hetero) is 1. The molecule has 2 rings (SSSR count). The van der Waals surface area contributed by atoms with Crippen LogP contribution in [0.2, 0.25) is 0 Å². The van der Waals surface area contributed by atoms with Crippen LogP contribution in [0.25, 0.3) is 0 Å². The minimum Gasteiger partial charge on any atom is -0.456 e. The van der Waals surface area contributed by atoms with Gasteiger partial charge < -0.3 is 10.1 Å². The summed E-state index contributed by atoms with van der Waals surface area (Å²) in [7, 11) is -3.08. The van der Waals surface area contributed by atoms with E-state index in [1.54, 1.807) is 12.1 Å². The van der Waals surface area contributed by atoms with Crippen molar-refractivity contribution in [1.29, 1.82) is 0 Å². The minimum absolute atomic E-state index is 0.00838. The molecule has 1 N–H and O–H groups in total. The van der Waals surface area contributed by atoms with E-state index in [0.717, 1.165) is 18.4 Å². The highest BCUT2D eigenvalue weighted by molar-refractivity contribution is 7.91. The predicted octanol–water partition coefficient (Wildman–Crippen LogP) is 1.45. The number of nitrogens with one attached hydrogen (secondary N) is 1. The van der Waals surface area contributed by atoms with E-state index in [9.17, 15) is 22.8 Å². The third kappa shape index (κ3) is 7.13. The Morgan fingerprint density at radius 2 is 1.85 bits per heavy atom. The highest BCUT2D eigenvalue weighted by Crippen LogP contribution is 2.12. The predicted molar refractivity (Wildman–Crippen MR) is 100 cm³/mol. The first kappa shape index (κ1) is 21.1. The maximum Gasteiger partial charge on any atom is 0.306 e. The van der Waals surface area contributed by atoms with Crippen LogP contribution in [-0.2, 0) is 30.6 Å². The smallest absolute Gasteiger partial charge is 0.306 e. The second-order valence-corrected chi connectivity index (χ2v) is 8.93. The van der Waals surface area contributed by atoms with E-state index >= 15 is 0 Å². The van der Waals surface area contributed by atoms with Crippen molar-refractivity contribution in [3.8, 4) is 0 Å². The number of benzene rings is 1. The lowest BCUT2D eigenvalue weighted by atomic mass is 10.0. The second-order valence-electron chi connectivity index (χ2n) is 6.70. The Hall–Kier alpha value is -2.22. The number of hydrogen-bond donors (Lipinski definition) is 1. The molecule has 0 spiro atoms. The van der Waals surface area contributed by atoms with Crippen LogP contribution in [0.1, 0.15) is 48.5 Å².